The summed E-state index contributed by atoms with van der Waals surface area (Å²) in [6.45, 7) is 2.86. The summed E-state index contributed by atoms with van der Waals surface area (Å²) in [5, 5.41) is 9.35. The number of phenolic OH excluding ortho intramolecular Hbond substituents is 1. The lowest BCUT2D eigenvalue weighted by Crippen LogP contribution is -2.11. The lowest BCUT2D eigenvalue weighted by molar-refractivity contribution is 0.0459. The molecule has 0 bridgehead atoms. The summed E-state index contributed by atoms with van der Waals surface area (Å²) in [6.07, 6.45) is 2.63. The van der Waals surface area contributed by atoms with Gasteiger partial charge in [-0.25, -0.2) is 4.79 Å². The number of nitrogen functional groups attached to an aromatic ring is 1. The number of aromatic hydroxyl groups is 1. The molecular weight excluding hydrogens is 256 g/mol. The zero-order valence-corrected chi connectivity index (χ0v) is 11.4. The van der Waals surface area contributed by atoms with E-state index in [2.05, 4.69) is 0 Å². The van der Waals surface area contributed by atoms with Gasteiger partial charge in [0, 0.05) is 12.7 Å². The van der Waals surface area contributed by atoms with Crippen LogP contribution in [-0.2, 0) is 17.9 Å². The number of carbonyl (C=O) groups is 1. The third-order valence-electron chi connectivity index (χ3n) is 2.87. The quantitative estimate of drug-likeness (QED) is 0.821. The van der Waals surface area contributed by atoms with E-state index < -0.39 is 5.97 Å². The fourth-order valence-electron chi connectivity index (χ4n) is 2.00. The second kappa shape index (κ2) is 6.14. The molecule has 3 N–H and O–H groups in total. The van der Waals surface area contributed by atoms with Crippen molar-refractivity contribution in [1.29, 1.82) is 0 Å². The van der Waals surface area contributed by atoms with Crippen LogP contribution >= 0.6 is 0 Å². The predicted octanol–water partition coefficient (Wildman–Crippen LogP) is 2.54. The predicted molar refractivity (Wildman–Crippen MR) is 76.4 cm³/mol. The minimum absolute atomic E-state index is 0.116. The molecular formula is C15H18N2O3. The largest absolute Gasteiger partial charge is 0.508 e. The number of benzene rings is 1. The molecule has 0 saturated heterocycles. The Labute approximate surface area is 117 Å². The Bertz CT molecular complexity index is 605. The number of carbonyl (C=O) groups excluding carboxylic acids is 1. The SMILES string of the molecule is CCCn1cc(N)cc1C(=O)OCc1cccc(O)c1. The van der Waals surface area contributed by atoms with Crippen molar-refractivity contribution in [2.45, 2.75) is 26.5 Å². The molecule has 0 fully saturated rings. The highest BCUT2D eigenvalue weighted by molar-refractivity contribution is 5.89. The first-order valence-corrected chi connectivity index (χ1v) is 6.51. The molecule has 0 aliphatic rings. The van der Waals surface area contributed by atoms with Crippen molar-refractivity contribution in [3.05, 3.63) is 47.8 Å². The van der Waals surface area contributed by atoms with E-state index in [1.165, 1.54) is 0 Å². The second-order valence-electron chi connectivity index (χ2n) is 4.60. The first-order chi connectivity index (χ1) is 9.60. The molecule has 2 rings (SSSR count). The second-order valence-corrected chi connectivity index (χ2v) is 4.60. The Morgan fingerprint density at radius 3 is 2.90 bits per heavy atom. The van der Waals surface area contributed by atoms with Crippen LogP contribution in [0, 0.1) is 0 Å². The van der Waals surface area contributed by atoms with Gasteiger partial charge in [-0.05, 0) is 30.2 Å². The smallest absolute Gasteiger partial charge is 0.355 e. The van der Waals surface area contributed by atoms with Crippen LogP contribution in [0.3, 0.4) is 0 Å². The Balaban J connectivity index is 2.05. The van der Waals surface area contributed by atoms with Crippen LogP contribution in [-0.4, -0.2) is 15.6 Å². The molecule has 0 aliphatic heterocycles. The van der Waals surface area contributed by atoms with E-state index in [4.69, 9.17) is 10.5 Å². The molecule has 1 heterocycles. The molecule has 1 aromatic carbocycles. The van der Waals surface area contributed by atoms with Gasteiger partial charge in [0.15, 0.2) is 0 Å². The first-order valence-electron chi connectivity index (χ1n) is 6.51. The third-order valence-corrected chi connectivity index (χ3v) is 2.87. The van der Waals surface area contributed by atoms with E-state index >= 15 is 0 Å². The van der Waals surface area contributed by atoms with Gasteiger partial charge in [-0.3, -0.25) is 0 Å². The van der Waals surface area contributed by atoms with Crippen molar-refractivity contribution in [2.75, 3.05) is 5.73 Å². The highest BCUT2D eigenvalue weighted by Crippen LogP contribution is 2.15. The number of hydrogen-bond donors (Lipinski definition) is 2. The number of anilines is 1. The van der Waals surface area contributed by atoms with E-state index in [-0.39, 0.29) is 12.4 Å². The minimum Gasteiger partial charge on any atom is -0.508 e. The van der Waals surface area contributed by atoms with Gasteiger partial charge in [0.25, 0.3) is 0 Å². The number of rotatable bonds is 5. The summed E-state index contributed by atoms with van der Waals surface area (Å²) in [6, 6.07) is 8.23. The summed E-state index contributed by atoms with van der Waals surface area (Å²) in [4.78, 5) is 12.1. The van der Waals surface area contributed by atoms with Crippen LogP contribution in [0.5, 0.6) is 5.75 Å². The minimum atomic E-state index is -0.418. The lowest BCUT2D eigenvalue weighted by atomic mass is 10.2. The van der Waals surface area contributed by atoms with Crippen molar-refractivity contribution >= 4 is 11.7 Å². The van der Waals surface area contributed by atoms with Gasteiger partial charge in [0.2, 0.25) is 0 Å². The Kier molecular flexibility index (Phi) is 4.30. The Hall–Kier alpha value is -2.43. The zero-order valence-electron chi connectivity index (χ0n) is 11.4. The van der Waals surface area contributed by atoms with Gasteiger partial charge in [-0.2, -0.15) is 0 Å². The van der Waals surface area contributed by atoms with E-state index in [0.29, 0.717) is 17.9 Å². The fraction of sp³-hybridized carbons (Fsp3) is 0.267. The van der Waals surface area contributed by atoms with Crippen LogP contribution in [0.2, 0.25) is 0 Å². The summed E-state index contributed by atoms with van der Waals surface area (Å²) < 4.78 is 7.03. The lowest BCUT2D eigenvalue weighted by Gasteiger charge is -2.08. The maximum Gasteiger partial charge on any atom is 0.355 e. The van der Waals surface area contributed by atoms with Crippen LogP contribution < -0.4 is 5.73 Å². The molecule has 0 atom stereocenters. The molecule has 20 heavy (non-hydrogen) atoms. The Morgan fingerprint density at radius 1 is 1.40 bits per heavy atom. The van der Waals surface area contributed by atoms with Gasteiger partial charge in [-0.15, -0.1) is 0 Å². The van der Waals surface area contributed by atoms with Crippen molar-refractivity contribution < 1.29 is 14.6 Å². The number of aromatic nitrogens is 1. The van der Waals surface area contributed by atoms with Gasteiger partial charge in [0.05, 0.1) is 5.69 Å². The average molecular weight is 274 g/mol. The fourth-order valence-corrected chi connectivity index (χ4v) is 2.00. The number of phenols is 1. The number of nitrogens with zero attached hydrogens (tertiary/aromatic N) is 1. The average Bonchev–Trinajstić information content (AvgIpc) is 2.78. The normalized spacial score (nSPS) is 10.4. The number of nitrogens with two attached hydrogens (primary N) is 1. The Morgan fingerprint density at radius 2 is 2.20 bits per heavy atom. The molecule has 0 aliphatic carbocycles. The standard InChI is InChI=1S/C15H18N2O3/c1-2-6-17-9-12(16)8-14(17)15(19)20-10-11-4-3-5-13(18)7-11/h3-5,7-9,18H,2,6,10,16H2,1H3. The first kappa shape index (κ1) is 14.0. The molecule has 106 valence electrons. The maximum absolute atomic E-state index is 12.1. The van der Waals surface area contributed by atoms with E-state index in [1.807, 2.05) is 6.92 Å². The number of hydrogen-bond acceptors (Lipinski definition) is 4. The highest BCUT2D eigenvalue weighted by Gasteiger charge is 2.14. The molecule has 0 amide bonds. The summed E-state index contributed by atoms with van der Waals surface area (Å²) >= 11 is 0. The third kappa shape index (κ3) is 3.32. The van der Waals surface area contributed by atoms with Crippen molar-refractivity contribution in [2.24, 2.45) is 0 Å². The van der Waals surface area contributed by atoms with Crippen molar-refractivity contribution in [3.8, 4) is 5.75 Å². The topological polar surface area (TPSA) is 77.5 Å². The van der Waals surface area contributed by atoms with Crippen molar-refractivity contribution in [3.63, 3.8) is 0 Å². The highest BCUT2D eigenvalue weighted by atomic mass is 16.5. The molecule has 0 saturated carbocycles. The van der Waals surface area contributed by atoms with Gasteiger partial charge in [-0.1, -0.05) is 19.1 Å². The molecule has 2 aromatic rings. The molecule has 5 heteroatoms. The summed E-state index contributed by atoms with van der Waals surface area (Å²) in [5.74, 6) is -0.268. The van der Waals surface area contributed by atoms with Gasteiger partial charge in [0.1, 0.15) is 18.1 Å². The molecule has 5 nitrogen and oxygen atoms in total. The van der Waals surface area contributed by atoms with Gasteiger partial charge >= 0.3 is 5.97 Å². The maximum atomic E-state index is 12.1. The molecule has 0 spiro atoms. The van der Waals surface area contributed by atoms with Crippen LogP contribution in [0.1, 0.15) is 29.4 Å². The van der Waals surface area contributed by atoms with E-state index in [9.17, 15) is 9.90 Å². The molecule has 0 radical (unpaired) electrons. The number of esters is 1. The monoisotopic (exact) mass is 274 g/mol. The summed E-state index contributed by atoms with van der Waals surface area (Å²) in [5.41, 5.74) is 7.44. The number of aryl methyl sites for hydroxylation is 1. The number of ether oxygens (including phenoxy) is 1. The van der Waals surface area contributed by atoms with Crippen LogP contribution in [0.25, 0.3) is 0 Å². The molecule has 1 aromatic heterocycles. The van der Waals surface area contributed by atoms with Crippen molar-refractivity contribution in [1.82, 2.24) is 4.57 Å². The van der Waals surface area contributed by atoms with Gasteiger partial charge < -0.3 is 20.1 Å². The molecule has 0 unspecified atom stereocenters. The summed E-state index contributed by atoms with van der Waals surface area (Å²) in [7, 11) is 0. The van der Waals surface area contributed by atoms with Crippen LogP contribution in [0.15, 0.2) is 36.5 Å². The van der Waals surface area contributed by atoms with E-state index in [1.54, 1.807) is 41.1 Å². The van der Waals surface area contributed by atoms with Crippen LogP contribution in [0.4, 0.5) is 5.69 Å². The van der Waals surface area contributed by atoms with E-state index in [0.717, 1.165) is 12.0 Å². The zero-order chi connectivity index (χ0) is 14.5.